The summed E-state index contributed by atoms with van der Waals surface area (Å²) in [7, 11) is -8.81. The van der Waals surface area contributed by atoms with Gasteiger partial charge in [0.1, 0.15) is 48.1 Å². The van der Waals surface area contributed by atoms with Gasteiger partial charge < -0.3 is 128 Å². The first-order valence-corrected chi connectivity index (χ1v) is 42.6. The zero-order valence-electron chi connectivity index (χ0n) is 65.1. The number of imide groups is 1. The van der Waals surface area contributed by atoms with Gasteiger partial charge >= 0.3 is 15.2 Å². The maximum absolute atomic E-state index is 12.7. The Morgan fingerprint density at radius 2 is 0.793 bits per heavy atom. The van der Waals surface area contributed by atoms with E-state index < -0.39 is 101 Å². The van der Waals surface area contributed by atoms with E-state index in [-0.39, 0.29) is 87.6 Å². The number of aromatic nitrogens is 6. The first-order chi connectivity index (χ1) is 55.9. The van der Waals surface area contributed by atoms with Crippen LogP contribution < -0.4 is 25.4 Å². The van der Waals surface area contributed by atoms with E-state index >= 15 is 0 Å². The molecule has 3 aliphatic heterocycles. The summed E-state index contributed by atoms with van der Waals surface area (Å²) in [5, 5.41) is 87.1. The molecule has 3 aliphatic rings. The number of nitrogens with one attached hydrogen (secondary N) is 3. The molecule has 116 heavy (non-hydrogen) atoms. The van der Waals surface area contributed by atoms with Crippen molar-refractivity contribution in [3.63, 3.8) is 0 Å². The average Bonchev–Trinajstić information content (AvgIpc) is 1.75. The summed E-state index contributed by atoms with van der Waals surface area (Å²) in [6, 6.07) is 12.4. The van der Waals surface area contributed by atoms with Gasteiger partial charge in [-0.2, -0.15) is 0 Å². The molecule has 0 unspecified atom stereocenters. The standard InChI is InChI=1S/C73H115N11O30P2/c85-61(74-24-25-84-64(88)19-20-65(84)89)21-31-102-37-43-108-44-38-103-32-26-81(27-33-104-39-45-109-47-41-106-35-29-82-51-55(77-79-82)7-3-1-5-9-62(86)75-53-11-15-57(16-12-53)111-72-70(94)68(92)66(90)59(113-72)22-49-115(96,97)98)28-34-105-40-46-110-48-42-107-36-30-83-52-56(78-80-83)8-4-2-6-10-63(87)76-54-13-17-58(18-14-54)112-73-71(95)69(93)67(91)60(114-73)23-50-116(99,100)101/h11-20,51-52,59-60,66-73,90-95H,1-10,21-50H2,(H,74,85)(H,75,86)(H,76,87)(H2,96,97,98)(H2,99,100,101)/t59-,60-,66-,67-,68+,69+,70+,71+,72+,73+/m1/s1. The second-order valence-corrected chi connectivity index (χ2v) is 31.0. The molecule has 4 aromatic rings. The van der Waals surface area contributed by atoms with E-state index in [4.69, 9.17) is 61.6 Å². The minimum absolute atomic E-state index is 0.0959. The lowest BCUT2D eigenvalue weighted by Gasteiger charge is -2.40. The lowest BCUT2D eigenvalue weighted by molar-refractivity contribution is -0.272. The van der Waals surface area contributed by atoms with E-state index in [1.54, 1.807) is 33.6 Å². The Bertz CT molecular complexity index is 3390. The molecule has 0 saturated carbocycles. The smallest absolute Gasteiger partial charge is 0.325 e. The molecular formula is C73H115N11O30P2. The fourth-order valence-corrected chi connectivity index (χ4v) is 13.0. The molecule has 10 atom stereocenters. The average molecular weight is 1690 g/mol. The SMILES string of the molecule is O=C(CCOCCOCCOCCN(CCOCCOCCOCCn1cc(CCCCCC(=O)Nc2ccc(O[C@H]3O[C@H](CCP(=O)(O)O)[C@@H](O)[C@H](O)[C@@H]3O)cc2)nn1)CCOCCOCCOCCn1cc(CCCCCC(=O)Nc2ccc(O[C@H]3O[C@H](CCP(=O)(O)O)[C@@H](O)[C@H](O)[C@@H]3O)cc2)nn1)NCCN1C(=O)C=CC1=O. The number of ether oxygens (including phenoxy) is 13. The number of carbonyl (C=O) groups excluding carboxylic acids is 5. The van der Waals surface area contributed by atoms with Crippen molar-refractivity contribution in [1.82, 2.24) is 45.1 Å². The maximum atomic E-state index is 12.7. The summed E-state index contributed by atoms with van der Waals surface area (Å²) in [4.78, 5) is 101. The number of aliphatic hydroxyl groups excluding tert-OH is 6. The van der Waals surface area contributed by atoms with Crippen LogP contribution >= 0.6 is 15.2 Å². The van der Waals surface area contributed by atoms with Gasteiger partial charge in [0.2, 0.25) is 30.3 Å². The highest BCUT2D eigenvalue weighted by Crippen LogP contribution is 2.39. The van der Waals surface area contributed by atoms with Gasteiger partial charge in [-0.3, -0.25) is 42.9 Å². The molecule has 13 N–H and O–H groups in total. The molecule has 43 heteroatoms. The summed E-state index contributed by atoms with van der Waals surface area (Å²) in [6.45, 7) is 9.83. The lowest BCUT2D eigenvalue weighted by atomic mass is 9.97. The number of aryl methyl sites for hydroxylation is 2. The summed E-state index contributed by atoms with van der Waals surface area (Å²) >= 11 is 0. The van der Waals surface area contributed by atoms with Crippen LogP contribution in [0, 0.1) is 0 Å². The van der Waals surface area contributed by atoms with Gasteiger partial charge in [-0.1, -0.05) is 23.3 Å². The molecule has 41 nitrogen and oxygen atoms in total. The molecule has 5 amide bonds. The van der Waals surface area contributed by atoms with Crippen molar-refractivity contribution >= 4 is 56.1 Å². The highest BCUT2D eigenvalue weighted by atomic mass is 31.2. The van der Waals surface area contributed by atoms with Gasteiger partial charge in [0.05, 0.1) is 168 Å². The van der Waals surface area contributed by atoms with Crippen LogP contribution in [-0.4, -0.2) is 345 Å². The van der Waals surface area contributed by atoms with E-state index in [9.17, 15) is 83.3 Å². The topological polar surface area (TPSA) is 546 Å². The van der Waals surface area contributed by atoms with Gasteiger partial charge in [0.15, 0.2) is 0 Å². The maximum Gasteiger partial charge on any atom is 0.325 e. The van der Waals surface area contributed by atoms with Gasteiger partial charge in [0.25, 0.3) is 11.8 Å². The molecule has 7 rings (SSSR count). The van der Waals surface area contributed by atoms with Crippen LogP contribution in [0.3, 0.4) is 0 Å². The summed E-state index contributed by atoms with van der Waals surface area (Å²) in [5.41, 5.74) is 2.66. The Kier molecular flexibility index (Phi) is 44.6. The van der Waals surface area contributed by atoms with E-state index in [0.29, 0.717) is 175 Å². The summed E-state index contributed by atoms with van der Waals surface area (Å²) in [5.74, 6) is -0.988. The molecule has 2 saturated heterocycles. The van der Waals surface area contributed by atoms with E-state index in [1.165, 1.54) is 36.4 Å². The number of unbranched alkanes of at least 4 members (excludes halogenated alkanes) is 4. The third-order valence-electron chi connectivity index (χ3n) is 18.2. The highest BCUT2D eigenvalue weighted by molar-refractivity contribution is 7.52. The third kappa shape index (κ3) is 38.9. The number of nitrogens with zero attached hydrogens (tertiary/aromatic N) is 8. The van der Waals surface area contributed by atoms with Crippen molar-refractivity contribution in [3.8, 4) is 11.5 Å². The molecular weight excluding hydrogens is 1570 g/mol. The second kappa shape index (κ2) is 53.7. The number of carbonyl (C=O) groups is 5. The fourth-order valence-electron chi connectivity index (χ4n) is 11.8. The number of amides is 5. The predicted molar refractivity (Wildman–Crippen MR) is 410 cm³/mol. The zero-order valence-corrected chi connectivity index (χ0v) is 66.9. The summed E-state index contributed by atoms with van der Waals surface area (Å²) in [6.07, 6.45) is -4.06. The molecule has 0 bridgehead atoms. The number of hydrogen-bond donors (Lipinski definition) is 13. The van der Waals surface area contributed by atoms with Crippen molar-refractivity contribution in [1.29, 1.82) is 0 Å². The molecule has 5 heterocycles. The van der Waals surface area contributed by atoms with Gasteiger partial charge in [0, 0.05) is 87.9 Å². The van der Waals surface area contributed by atoms with Gasteiger partial charge in [-0.25, -0.2) is 9.36 Å². The largest absolute Gasteiger partial charge is 0.462 e. The molecule has 0 spiro atoms. The third-order valence-corrected chi connectivity index (χ3v) is 19.9. The minimum atomic E-state index is -4.40. The Morgan fingerprint density at radius 1 is 0.431 bits per heavy atom. The van der Waals surface area contributed by atoms with Crippen LogP contribution in [0.15, 0.2) is 73.1 Å². The van der Waals surface area contributed by atoms with Crippen molar-refractivity contribution < 1.29 is 145 Å². The lowest BCUT2D eigenvalue weighted by Crippen LogP contribution is -2.59. The van der Waals surface area contributed by atoms with Gasteiger partial charge in [-0.05, 0) is 99.9 Å². The molecule has 2 aromatic heterocycles. The molecule has 0 aliphatic carbocycles. The van der Waals surface area contributed by atoms with E-state index in [0.717, 1.165) is 42.0 Å². The first-order valence-electron chi connectivity index (χ1n) is 39.0. The number of anilines is 2. The monoisotopic (exact) mass is 1690 g/mol. The predicted octanol–water partition coefficient (Wildman–Crippen LogP) is -0.556. The highest BCUT2D eigenvalue weighted by Gasteiger charge is 2.47. The van der Waals surface area contributed by atoms with Crippen molar-refractivity contribution in [3.05, 3.63) is 84.5 Å². The Balaban J connectivity index is 0.674. The van der Waals surface area contributed by atoms with Gasteiger partial charge in [-0.15, -0.1) is 10.2 Å². The fraction of sp³-hybridized carbons (Fsp3) is 0.685. The van der Waals surface area contributed by atoms with Crippen LogP contribution in [0.4, 0.5) is 11.4 Å². The van der Waals surface area contributed by atoms with Crippen LogP contribution in [0.1, 0.15) is 82.0 Å². The van der Waals surface area contributed by atoms with Crippen molar-refractivity contribution in [2.24, 2.45) is 0 Å². The summed E-state index contributed by atoms with van der Waals surface area (Å²) < 4.78 is 100. The number of aliphatic hydroxyl groups is 6. The van der Waals surface area contributed by atoms with Crippen LogP contribution in [0.2, 0.25) is 0 Å². The zero-order chi connectivity index (χ0) is 83.3. The molecule has 0 radical (unpaired) electrons. The number of benzene rings is 2. The van der Waals surface area contributed by atoms with Crippen LogP contribution in [0.5, 0.6) is 11.5 Å². The van der Waals surface area contributed by atoms with E-state index in [1.807, 2.05) is 12.4 Å². The Hall–Kier alpha value is -6.81. The quantitative estimate of drug-likeness (QED) is 0.0150. The van der Waals surface area contributed by atoms with Crippen molar-refractivity contribution in [2.75, 3.05) is 175 Å². The van der Waals surface area contributed by atoms with Crippen LogP contribution in [0.25, 0.3) is 0 Å². The Morgan fingerprint density at radius 3 is 1.17 bits per heavy atom. The number of rotatable bonds is 63. The second-order valence-electron chi connectivity index (χ2n) is 27.4. The molecule has 2 aromatic carbocycles. The van der Waals surface area contributed by atoms with Crippen molar-refractivity contribution in [2.45, 2.75) is 158 Å². The first kappa shape index (κ1) is 96.3. The number of hydrogen-bond acceptors (Lipinski definition) is 31. The minimum Gasteiger partial charge on any atom is -0.462 e. The van der Waals surface area contributed by atoms with Crippen LogP contribution in [-0.2, 0) is 111 Å². The Labute approximate surface area is 672 Å². The van der Waals surface area contributed by atoms with E-state index in [2.05, 4.69) is 41.5 Å². The molecule has 652 valence electrons. The molecule has 2 fully saturated rings. The normalized spacial score (nSPS) is 20.5.